The summed E-state index contributed by atoms with van der Waals surface area (Å²) in [7, 11) is -2.40. The minimum absolute atomic E-state index is 0.0203. The lowest BCUT2D eigenvalue weighted by molar-refractivity contribution is -0.146. The number of aliphatic carboxylic acids is 1. The first-order chi connectivity index (χ1) is 8.99. The Morgan fingerprint density at radius 1 is 1.40 bits per heavy atom. The van der Waals surface area contributed by atoms with Crippen LogP contribution in [0.1, 0.15) is 19.4 Å². The molecule has 0 atom stereocenters. The highest BCUT2D eigenvalue weighted by Gasteiger charge is 2.30. The second-order valence-electron chi connectivity index (χ2n) is 5.23. The molecule has 0 aromatic heterocycles. The number of hydrogen-bond donors (Lipinski definition) is 1. The lowest BCUT2D eigenvalue weighted by atomic mass is 9.85. The number of benzene rings is 1. The highest BCUT2D eigenvalue weighted by atomic mass is 32.2. The van der Waals surface area contributed by atoms with E-state index in [1.807, 2.05) is 0 Å². The first-order valence-electron chi connectivity index (χ1n) is 5.79. The number of carboxylic acids is 1. The summed E-state index contributed by atoms with van der Waals surface area (Å²) < 4.78 is 41.8. The number of carbonyl (C=O) groups is 1. The molecule has 0 radical (unpaired) electrons. The Balaban J connectivity index is 3.37. The molecule has 0 fully saturated rings. The first-order valence-corrected chi connectivity index (χ1v) is 7.68. The molecule has 0 aliphatic carbocycles. The number of halogens is 1. The van der Waals surface area contributed by atoms with Gasteiger partial charge in [0.2, 0.25) is 0 Å². The molecule has 0 amide bonds. The average molecular weight is 304 g/mol. The minimum atomic E-state index is -3.71. The van der Waals surface area contributed by atoms with Crippen molar-refractivity contribution in [1.82, 2.24) is 0 Å². The van der Waals surface area contributed by atoms with Gasteiger partial charge in [-0.1, -0.05) is 0 Å². The van der Waals surface area contributed by atoms with Gasteiger partial charge in [-0.15, -0.1) is 0 Å². The third-order valence-corrected chi connectivity index (χ3v) is 4.06. The van der Waals surface area contributed by atoms with Crippen molar-refractivity contribution in [3.05, 3.63) is 23.5 Å². The third kappa shape index (κ3) is 3.47. The van der Waals surface area contributed by atoms with E-state index in [0.29, 0.717) is 5.56 Å². The van der Waals surface area contributed by atoms with E-state index in [-0.39, 0.29) is 12.2 Å². The molecule has 0 unspecified atom stereocenters. The SMILES string of the molecule is COc1cc(S(C)(=O)=O)c(F)cc1CC(C)(C)C(=O)O. The van der Waals surface area contributed by atoms with Gasteiger partial charge in [0.05, 0.1) is 12.5 Å². The molecule has 0 saturated carbocycles. The van der Waals surface area contributed by atoms with E-state index < -0.39 is 31.9 Å². The van der Waals surface area contributed by atoms with Crippen LogP contribution in [-0.4, -0.2) is 32.9 Å². The Morgan fingerprint density at radius 3 is 2.35 bits per heavy atom. The summed E-state index contributed by atoms with van der Waals surface area (Å²) in [5.74, 6) is -1.79. The van der Waals surface area contributed by atoms with Gasteiger partial charge in [0.15, 0.2) is 9.84 Å². The lowest BCUT2D eigenvalue weighted by Crippen LogP contribution is -2.26. The standard InChI is InChI=1S/C13H17FO5S/c1-13(2,12(15)16)7-8-5-9(14)11(20(4,17)18)6-10(8)19-3/h5-6H,7H2,1-4H3,(H,15,16). The summed E-state index contributed by atoms with van der Waals surface area (Å²) >= 11 is 0. The summed E-state index contributed by atoms with van der Waals surface area (Å²) in [6.07, 6.45) is 0.915. The zero-order valence-corrected chi connectivity index (χ0v) is 12.5. The second-order valence-corrected chi connectivity index (χ2v) is 7.22. The van der Waals surface area contributed by atoms with Crippen LogP contribution in [0.4, 0.5) is 4.39 Å². The van der Waals surface area contributed by atoms with Crippen LogP contribution in [0, 0.1) is 11.2 Å². The molecule has 1 aromatic rings. The molecule has 0 aliphatic rings. The predicted molar refractivity (Wildman–Crippen MR) is 71.2 cm³/mol. The molecule has 0 saturated heterocycles. The quantitative estimate of drug-likeness (QED) is 0.898. The van der Waals surface area contributed by atoms with Gasteiger partial charge in [0.1, 0.15) is 16.5 Å². The van der Waals surface area contributed by atoms with Gasteiger partial charge in [0, 0.05) is 12.3 Å². The molecular weight excluding hydrogens is 287 g/mol. The number of rotatable bonds is 5. The summed E-state index contributed by atoms with van der Waals surface area (Å²) in [5.41, 5.74) is -0.809. The first kappa shape index (κ1) is 16.4. The van der Waals surface area contributed by atoms with Gasteiger partial charge in [-0.3, -0.25) is 4.79 Å². The maximum absolute atomic E-state index is 13.9. The molecule has 7 heteroatoms. The van der Waals surface area contributed by atoms with Crippen LogP contribution >= 0.6 is 0 Å². The van der Waals surface area contributed by atoms with Crippen molar-refractivity contribution in [2.24, 2.45) is 5.41 Å². The zero-order valence-electron chi connectivity index (χ0n) is 11.7. The van der Waals surface area contributed by atoms with E-state index >= 15 is 0 Å². The number of methoxy groups -OCH3 is 1. The van der Waals surface area contributed by atoms with Crippen LogP contribution in [0.5, 0.6) is 5.75 Å². The molecule has 1 aromatic carbocycles. The molecule has 5 nitrogen and oxygen atoms in total. The van der Waals surface area contributed by atoms with Crippen LogP contribution in [-0.2, 0) is 21.1 Å². The molecule has 20 heavy (non-hydrogen) atoms. The van der Waals surface area contributed by atoms with Crippen molar-refractivity contribution in [3.8, 4) is 5.75 Å². The fraction of sp³-hybridized carbons (Fsp3) is 0.462. The fourth-order valence-corrected chi connectivity index (χ4v) is 2.47. The van der Waals surface area contributed by atoms with Gasteiger partial charge in [-0.25, -0.2) is 12.8 Å². The van der Waals surface area contributed by atoms with E-state index in [4.69, 9.17) is 9.84 Å². The molecule has 0 aliphatic heterocycles. The van der Waals surface area contributed by atoms with Crippen molar-refractivity contribution in [2.45, 2.75) is 25.2 Å². The van der Waals surface area contributed by atoms with E-state index in [2.05, 4.69) is 0 Å². The van der Waals surface area contributed by atoms with E-state index in [9.17, 15) is 17.6 Å². The third-order valence-electron chi connectivity index (χ3n) is 2.95. The number of sulfone groups is 1. The van der Waals surface area contributed by atoms with Crippen LogP contribution in [0.3, 0.4) is 0 Å². The summed E-state index contributed by atoms with van der Waals surface area (Å²) in [5, 5.41) is 9.09. The smallest absolute Gasteiger partial charge is 0.309 e. The molecular formula is C13H17FO5S. The minimum Gasteiger partial charge on any atom is -0.496 e. The Hall–Kier alpha value is -1.63. The Morgan fingerprint density at radius 2 is 1.95 bits per heavy atom. The van der Waals surface area contributed by atoms with Gasteiger partial charge < -0.3 is 9.84 Å². The topological polar surface area (TPSA) is 80.7 Å². The zero-order chi connectivity index (χ0) is 15.7. The number of carboxylic acid groups (broad SMARTS) is 1. The highest BCUT2D eigenvalue weighted by molar-refractivity contribution is 7.90. The van der Waals surface area contributed by atoms with Gasteiger partial charge in [-0.2, -0.15) is 0 Å². The number of hydrogen-bond acceptors (Lipinski definition) is 4. The lowest BCUT2D eigenvalue weighted by Gasteiger charge is -2.21. The largest absolute Gasteiger partial charge is 0.496 e. The number of ether oxygens (including phenoxy) is 1. The van der Waals surface area contributed by atoms with Crippen molar-refractivity contribution < 1.29 is 27.4 Å². The van der Waals surface area contributed by atoms with Crippen LogP contribution in [0.15, 0.2) is 17.0 Å². The summed E-state index contributed by atoms with van der Waals surface area (Å²) in [6, 6.07) is 2.10. The normalized spacial score (nSPS) is 12.2. The second kappa shape index (κ2) is 5.40. The van der Waals surface area contributed by atoms with Gasteiger partial charge in [0.25, 0.3) is 0 Å². The molecule has 0 heterocycles. The monoisotopic (exact) mass is 304 g/mol. The average Bonchev–Trinajstić information content (AvgIpc) is 2.26. The van der Waals surface area contributed by atoms with Crippen molar-refractivity contribution in [1.29, 1.82) is 0 Å². The Bertz CT molecular complexity index is 634. The Labute approximate surface area is 117 Å². The maximum Gasteiger partial charge on any atom is 0.309 e. The van der Waals surface area contributed by atoms with Gasteiger partial charge in [-0.05, 0) is 31.9 Å². The predicted octanol–water partition coefficient (Wildman–Crippen LogP) is 1.89. The summed E-state index contributed by atoms with van der Waals surface area (Å²) in [4.78, 5) is 10.6. The summed E-state index contributed by atoms with van der Waals surface area (Å²) in [6.45, 7) is 2.99. The van der Waals surface area contributed by atoms with Gasteiger partial charge >= 0.3 is 5.97 Å². The molecule has 0 bridgehead atoms. The van der Waals surface area contributed by atoms with Crippen molar-refractivity contribution in [3.63, 3.8) is 0 Å². The molecule has 1 N–H and O–H groups in total. The van der Waals surface area contributed by atoms with E-state index in [0.717, 1.165) is 18.4 Å². The van der Waals surface area contributed by atoms with E-state index in [1.54, 1.807) is 0 Å². The van der Waals surface area contributed by atoms with Crippen molar-refractivity contribution >= 4 is 15.8 Å². The van der Waals surface area contributed by atoms with Crippen LogP contribution < -0.4 is 4.74 Å². The molecule has 0 spiro atoms. The van der Waals surface area contributed by atoms with Crippen LogP contribution in [0.2, 0.25) is 0 Å². The fourth-order valence-electron chi connectivity index (χ4n) is 1.74. The van der Waals surface area contributed by atoms with Crippen LogP contribution in [0.25, 0.3) is 0 Å². The molecule has 1 rings (SSSR count). The Kier molecular flexibility index (Phi) is 4.43. The van der Waals surface area contributed by atoms with Crippen molar-refractivity contribution in [2.75, 3.05) is 13.4 Å². The highest BCUT2D eigenvalue weighted by Crippen LogP contribution is 2.31. The van der Waals surface area contributed by atoms with E-state index in [1.165, 1.54) is 21.0 Å². The maximum atomic E-state index is 13.9. The molecule has 112 valence electrons.